The van der Waals surface area contributed by atoms with Crippen molar-refractivity contribution in [2.24, 2.45) is 0 Å². The van der Waals surface area contributed by atoms with Crippen LogP contribution in [0.25, 0.3) is 0 Å². The number of aryl methyl sites for hydroxylation is 1. The molecular weight excluding hydrogens is 262 g/mol. The number of quaternary nitrogens is 1. The average Bonchev–Trinajstić information content (AvgIpc) is 2.48. The van der Waals surface area contributed by atoms with Crippen LogP contribution in [0.2, 0.25) is 0 Å². The van der Waals surface area contributed by atoms with Gasteiger partial charge in [0.2, 0.25) is 0 Å². The van der Waals surface area contributed by atoms with Crippen LogP contribution in [0, 0.1) is 6.92 Å². The maximum absolute atomic E-state index is 10.9. The van der Waals surface area contributed by atoms with Gasteiger partial charge in [0.15, 0.2) is 0 Å². The molecule has 0 fully saturated rings. The smallest absolute Gasteiger partial charge is 0.118 e. The Labute approximate surface area is 125 Å². The Morgan fingerprint density at radius 3 is 2.29 bits per heavy atom. The summed E-state index contributed by atoms with van der Waals surface area (Å²) in [5.74, 6) is -0.995. The summed E-state index contributed by atoms with van der Waals surface area (Å²) in [6.07, 6.45) is 0.870. The average molecular weight is 283 g/mol. The SMILES string of the molecule is Cc1ccc(C[NH+](CCc2ccccc2)CC(=O)[O-])cc1. The van der Waals surface area contributed by atoms with Gasteiger partial charge >= 0.3 is 0 Å². The first-order valence-corrected chi connectivity index (χ1v) is 7.26. The first kappa shape index (κ1) is 15.3. The van der Waals surface area contributed by atoms with E-state index in [1.165, 1.54) is 11.1 Å². The Morgan fingerprint density at radius 2 is 1.67 bits per heavy atom. The molecule has 21 heavy (non-hydrogen) atoms. The Bertz CT molecular complexity index is 564. The number of nitrogens with one attached hydrogen (secondary N) is 1. The van der Waals surface area contributed by atoms with Gasteiger partial charge in [-0.05, 0) is 12.5 Å². The van der Waals surface area contributed by atoms with E-state index in [1.54, 1.807) is 0 Å². The molecule has 1 atom stereocenters. The number of aliphatic carboxylic acids is 1. The Kier molecular flexibility index (Phi) is 5.52. The molecular formula is C18H21NO2. The monoisotopic (exact) mass is 283 g/mol. The largest absolute Gasteiger partial charge is 0.544 e. The molecule has 110 valence electrons. The molecule has 0 amide bonds. The lowest BCUT2D eigenvalue weighted by Crippen LogP contribution is -3.12. The third-order valence-corrected chi connectivity index (χ3v) is 3.58. The van der Waals surface area contributed by atoms with Crippen molar-refractivity contribution in [3.63, 3.8) is 0 Å². The van der Waals surface area contributed by atoms with E-state index < -0.39 is 5.97 Å². The van der Waals surface area contributed by atoms with Gasteiger partial charge in [-0.15, -0.1) is 0 Å². The fraction of sp³-hybridized carbons (Fsp3) is 0.278. The second kappa shape index (κ2) is 7.60. The van der Waals surface area contributed by atoms with E-state index in [9.17, 15) is 9.90 Å². The molecule has 0 radical (unpaired) electrons. The molecule has 0 aliphatic rings. The quantitative estimate of drug-likeness (QED) is 0.798. The molecule has 0 saturated heterocycles. The first-order valence-electron chi connectivity index (χ1n) is 7.26. The van der Waals surface area contributed by atoms with Crippen molar-refractivity contribution in [2.45, 2.75) is 19.9 Å². The van der Waals surface area contributed by atoms with E-state index in [4.69, 9.17) is 0 Å². The molecule has 3 nitrogen and oxygen atoms in total. The lowest BCUT2D eigenvalue weighted by atomic mass is 10.1. The third-order valence-electron chi connectivity index (χ3n) is 3.58. The summed E-state index contributed by atoms with van der Waals surface area (Å²) in [7, 11) is 0. The molecule has 0 heterocycles. The van der Waals surface area contributed by atoms with Gasteiger partial charge in [-0.25, -0.2) is 0 Å². The molecule has 2 aromatic carbocycles. The fourth-order valence-electron chi connectivity index (χ4n) is 2.40. The van der Waals surface area contributed by atoms with Crippen molar-refractivity contribution < 1.29 is 14.8 Å². The van der Waals surface area contributed by atoms with E-state index in [-0.39, 0.29) is 6.54 Å². The minimum Gasteiger partial charge on any atom is -0.544 e. The zero-order valence-corrected chi connectivity index (χ0v) is 12.3. The number of benzene rings is 2. The molecule has 0 aliphatic heterocycles. The number of hydrogen-bond donors (Lipinski definition) is 1. The molecule has 0 saturated carbocycles. The van der Waals surface area contributed by atoms with Crippen LogP contribution in [0.4, 0.5) is 0 Å². The zero-order valence-electron chi connectivity index (χ0n) is 12.3. The highest BCUT2D eigenvalue weighted by molar-refractivity contribution is 5.65. The highest BCUT2D eigenvalue weighted by Gasteiger charge is 2.10. The van der Waals surface area contributed by atoms with Gasteiger partial charge in [0.05, 0.1) is 12.5 Å². The maximum atomic E-state index is 10.9. The van der Waals surface area contributed by atoms with E-state index in [1.807, 2.05) is 25.1 Å². The van der Waals surface area contributed by atoms with Gasteiger partial charge in [0.1, 0.15) is 13.1 Å². The molecule has 0 spiro atoms. The molecule has 2 rings (SSSR count). The van der Waals surface area contributed by atoms with Crippen LogP contribution in [-0.2, 0) is 17.8 Å². The molecule has 1 unspecified atom stereocenters. The predicted octanol–water partition coefficient (Wildman–Crippen LogP) is 0.373. The van der Waals surface area contributed by atoms with E-state index in [0.29, 0.717) is 6.54 Å². The predicted molar refractivity (Wildman–Crippen MR) is 80.7 cm³/mol. The van der Waals surface area contributed by atoms with Gasteiger partial charge in [0, 0.05) is 12.0 Å². The number of carbonyl (C=O) groups excluding carboxylic acids is 1. The van der Waals surface area contributed by atoms with Crippen molar-refractivity contribution in [1.82, 2.24) is 0 Å². The molecule has 0 aliphatic carbocycles. The number of carboxylic acid groups (broad SMARTS) is 1. The summed E-state index contributed by atoms with van der Waals surface area (Å²) in [4.78, 5) is 11.9. The molecule has 2 aromatic rings. The standard InChI is InChI=1S/C18H21NO2/c1-15-7-9-17(10-8-15)13-19(14-18(20)21)12-11-16-5-3-2-4-6-16/h2-10H,11-14H2,1H3,(H,20,21). The summed E-state index contributed by atoms with van der Waals surface area (Å²) in [5, 5.41) is 10.9. The molecule has 0 aromatic heterocycles. The Balaban J connectivity index is 1.97. The minimum absolute atomic E-state index is 0.0424. The fourth-order valence-corrected chi connectivity index (χ4v) is 2.40. The van der Waals surface area contributed by atoms with Gasteiger partial charge in [-0.3, -0.25) is 0 Å². The number of hydrogen-bond acceptors (Lipinski definition) is 2. The Morgan fingerprint density at radius 1 is 1.00 bits per heavy atom. The zero-order chi connectivity index (χ0) is 15.1. The highest BCUT2D eigenvalue weighted by Crippen LogP contribution is 2.02. The van der Waals surface area contributed by atoms with Crippen LogP contribution >= 0.6 is 0 Å². The van der Waals surface area contributed by atoms with Gasteiger partial charge in [0.25, 0.3) is 0 Å². The summed E-state index contributed by atoms with van der Waals surface area (Å²) < 4.78 is 0. The summed E-state index contributed by atoms with van der Waals surface area (Å²) in [6.45, 7) is 3.58. The second-order valence-corrected chi connectivity index (χ2v) is 5.45. The summed E-state index contributed by atoms with van der Waals surface area (Å²) >= 11 is 0. The van der Waals surface area contributed by atoms with Crippen LogP contribution in [0.5, 0.6) is 0 Å². The third kappa shape index (κ3) is 5.40. The van der Waals surface area contributed by atoms with Crippen molar-refractivity contribution in [3.8, 4) is 0 Å². The van der Waals surface area contributed by atoms with Crippen molar-refractivity contribution in [1.29, 1.82) is 0 Å². The topological polar surface area (TPSA) is 44.6 Å². The van der Waals surface area contributed by atoms with Gasteiger partial charge in [-0.2, -0.15) is 0 Å². The summed E-state index contributed by atoms with van der Waals surface area (Å²) in [5.41, 5.74) is 3.60. The van der Waals surface area contributed by atoms with Crippen molar-refractivity contribution in [3.05, 3.63) is 71.3 Å². The van der Waals surface area contributed by atoms with Crippen LogP contribution < -0.4 is 10.0 Å². The second-order valence-electron chi connectivity index (χ2n) is 5.45. The van der Waals surface area contributed by atoms with Crippen LogP contribution in [0.3, 0.4) is 0 Å². The van der Waals surface area contributed by atoms with Crippen LogP contribution in [0.1, 0.15) is 16.7 Å². The number of carboxylic acids is 1. The van der Waals surface area contributed by atoms with Crippen molar-refractivity contribution in [2.75, 3.05) is 13.1 Å². The normalized spacial score (nSPS) is 12.0. The van der Waals surface area contributed by atoms with Crippen LogP contribution in [-0.4, -0.2) is 19.1 Å². The minimum atomic E-state index is -0.995. The first-order chi connectivity index (χ1) is 10.1. The lowest BCUT2D eigenvalue weighted by molar-refractivity contribution is -0.908. The summed E-state index contributed by atoms with van der Waals surface area (Å²) in [6, 6.07) is 18.4. The van der Waals surface area contributed by atoms with E-state index >= 15 is 0 Å². The molecule has 1 N–H and O–H groups in total. The molecule has 3 heteroatoms. The lowest BCUT2D eigenvalue weighted by Gasteiger charge is -2.20. The van der Waals surface area contributed by atoms with E-state index in [2.05, 4.69) is 36.4 Å². The number of carbonyl (C=O) groups is 1. The van der Waals surface area contributed by atoms with E-state index in [0.717, 1.165) is 23.4 Å². The van der Waals surface area contributed by atoms with Crippen LogP contribution in [0.15, 0.2) is 54.6 Å². The van der Waals surface area contributed by atoms with Crippen molar-refractivity contribution >= 4 is 5.97 Å². The van der Waals surface area contributed by atoms with Gasteiger partial charge < -0.3 is 14.8 Å². The Hall–Kier alpha value is -2.13. The maximum Gasteiger partial charge on any atom is 0.118 e. The van der Waals surface area contributed by atoms with Gasteiger partial charge in [-0.1, -0.05) is 60.2 Å². The highest BCUT2D eigenvalue weighted by atomic mass is 16.4. The number of rotatable bonds is 7. The molecule has 0 bridgehead atoms.